The zero-order chi connectivity index (χ0) is 23.5. The number of nitrogens with one attached hydrogen (secondary N) is 1. The molecule has 4 rings (SSSR count). The van der Waals surface area contributed by atoms with Crippen molar-refractivity contribution < 1.29 is 18.3 Å². The number of carbonyl (C=O) groups is 1. The first-order valence-corrected chi connectivity index (χ1v) is 11.3. The lowest BCUT2D eigenvalue weighted by molar-refractivity contribution is -0.110. The maximum absolute atomic E-state index is 14.5. The lowest BCUT2D eigenvalue weighted by atomic mass is 10.0. The number of hydrogen-bond donors (Lipinski definition) is 1. The molecule has 1 aliphatic heterocycles. The first-order valence-electron chi connectivity index (χ1n) is 11.3. The third kappa shape index (κ3) is 4.48. The number of rotatable bonds is 8. The standard InChI is InChI=1S/C27H28F2N2O2/c1-4-31(5-2)13-8-14-33-23-10-7-6-9-19-18(15-17(3)24(19)23)16-20-25-22(30-27(20)32)12-11-21(28)26(25)29/h6-7,9-12,15-16H,4-5,8,13-14H2,1-3H3,(H,30,32)/b20-16+. The fourth-order valence-electron chi connectivity index (χ4n) is 4.39. The molecule has 0 atom stereocenters. The van der Waals surface area contributed by atoms with E-state index in [0.29, 0.717) is 6.61 Å². The highest BCUT2D eigenvalue weighted by Crippen LogP contribution is 2.42. The van der Waals surface area contributed by atoms with Gasteiger partial charge in [0.1, 0.15) is 5.75 Å². The number of anilines is 1. The van der Waals surface area contributed by atoms with E-state index in [-0.39, 0.29) is 16.8 Å². The van der Waals surface area contributed by atoms with Crippen LogP contribution >= 0.6 is 0 Å². The first kappa shape index (κ1) is 22.9. The Hall–Kier alpha value is -3.25. The predicted molar refractivity (Wildman–Crippen MR) is 129 cm³/mol. The van der Waals surface area contributed by atoms with Crippen molar-refractivity contribution in [2.45, 2.75) is 27.2 Å². The minimum Gasteiger partial charge on any atom is -0.493 e. The second-order valence-electron chi connectivity index (χ2n) is 8.18. The molecule has 1 heterocycles. The third-order valence-corrected chi connectivity index (χ3v) is 6.14. The van der Waals surface area contributed by atoms with Crippen LogP contribution in [0.15, 0.2) is 42.5 Å². The van der Waals surface area contributed by atoms with Gasteiger partial charge in [-0.1, -0.05) is 38.1 Å². The quantitative estimate of drug-likeness (QED) is 0.339. The number of hydrogen-bond acceptors (Lipinski definition) is 3. The number of halogens is 2. The molecule has 0 fully saturated rings. The van der Waals surface area contributed by atoms with E-state index in [1.807, 2.05) is 37.3 Å². The highest BCUT2D eigenvalue weighted by atomic mass is 19.2. The maximum Gasteiger partial charge on any atom is 0.256 e. The van der Waals surface area contributed by atoms with Gasteiger partial charge in [-0.05, 0) is 67.4 Å². The van der Waals surface area contributed by atoms with E-state index < -0.39 is 17.5 Å². The summed E-state index contributed by atoms with van der Waals surface area (Å²) in [5, 5.41) is 2.62. The zero-order valence-corrected chi connectivity index (χ0v) is 19.2. The largest absolute Gasteiger partial charge is 0.493 e. The van der Waals surface area contributed by atoms with Gasteiger partial charge in [0.25, 0.3) is 5.91 Å². The molecule has 1 amide bonds. The number of carbonyl (C=O) groups excluding carboxylic acids is 1. The van der Waals surface area contributed by atoms with E-state index in [0.717, 1.165) is 60.1 Å². The molecule has 4 nitrogen and oxygen atoms in total. The van der Waals surface area contributed by atoms with Crippen molar-refractivity contribution in [3.8, 4) is 16.9 Å². The van der Waals surface area contributed by atoms with E-state index in [9.17, 15) is 13.6 Å². The molecule has 1 aromatic carbocycles. The van der Waals surface area contributed by atoms with Gasteiger partial charge >= 0.3 is 0 Å². The summed E-state index contributed by atoms with van der Waals surface area (Å²) in [5.74, 6) is -1.68. The minimum atomic E-state index is -1.02. The van der Waals surface area contributed by atoms with Gasteiger partial charge in [-0.15, -0.1) is 0 Å². The van der Waals surface area contributed by atoms with Gasteiger partial charge in [-0.3, -0.25) is 4.79 Å². The van der Waals surface area contributed by atoms with Crippen LogP contribution in [0, 0.1) is 18.6 Å². The van der Waals surface area contributed by atoms with Crippen molar-refractivity contribution in [3.05, 3.63) is 70.8 Å². The fraction of sp³-hybridized carbons (Fsp3) is 0.296. The van der Waals surface area contributed by atoms with Crippen LogP contribution in [0.3, 0.4) is 0 Å². The minimum absolute atomic E-state index is 0.0276. The van der Waals surface area contributed by atoms with Crippen LogP contribution in [0.1, 0.15) is 37.0 Å². The topological polar surface area (TPSA) is 41.6 Å². The summed E-state index contributed by atoms with van der Waals surface area (Å²) in [6.45, 7) is 9.88. The van der Waals surface area contributed by atoms with Gasteiger partial charge in [0.05, 0.1) is 17.9 Å². The van der Waals surface area contributed by atoms with Crippen molar-refractivity contribution in [2.24, 2.45) is 0 Å². The Morgan fingerprint density at radius 3 is 2.58 bits per heavy atom. The number of nitrogens with zero attached hydrogens (tertiary/aromatic N) is 1. The van der Waals surface area contributed by atoms with Crippen LogP contribution in [0.5, 0.6) is 5.75 Å². The molecule has 0 saturated heterocycles. The van der Waals surface area contributed by atoms with Crippen molar-refractivity contribution >= 4 is 23.2 Å². The summed E-state index contributed by atoms with van der Waals surface area (Å²) in [7, 11) is 0. The second kappa shape index (κ2) is 9.71. The molecule has 1 aromatic rings. The van der Waals surface area contributed by atoms with E-state index in [1.54, 1.807) is 6.08 Å². The smallest absolute Gasteiger partial charge is 0.256 e. The highest BCUT2D eigenvalue weighted by Gasteiger charge is 2.30. The Labute approximate surface area is 193 Å². The molecular formula is C27H28F2N2O2. The van der Waals surface area contributed by atoms with Crippen LogP contribution in [0.2, 0.25) is 0 Å². The Balaban J connectivity index is 1.65. The monoisotopic (exact) mass is 450 g/mol. The molecule has 2 aliphatic carbocycles. The molecule has 0 aromatic heterocycles. The summed E-state index contributed by atoms with van der Waals surface area (Å²) in [6.07, 6.45) is 2.55. The van der Waals surface area contributed by atoms with Gasteiger partial charge in [0, 0.05) is 17.7 Å². The Bertz CT molecular complexity index is 1180. The third-order valence-electron chi connectivity index (χ3n) is 6.14. The molecule has 33 heavy (non-hydrogen) atoms. The van der Waals surface area contributed by atoms with Gasteiger partial charge in [0.15, 0.2) is 11.6 Å². The first-order chi connectivity index (χ1) is 15.9. The van der Waals surface area contributed by atoms with Gasteiger partial charge in [-0.25, -0.2) is 8.78 Å². The average Bonchev–Trinajstić information content (AvgIpc) is 3.18. The number of aryl methyl sites for hydroxylation is 1. The Morgan fingerprint density at radius 1 is 1.06 bits per heavy atom. The molecule has 0 radical (unpaired) electrons. The summed E-state index contributed by atoms with van der Waals surface area (Å²) >= 11 is 0. The fourth-order valence-corrected chi connectivity index (χ4v) is 4.39. The second-order valence-corrected chi connectivity index (χ2v) is 8.18. The molecule has 0 saturated carbocycles. The van der Waals surface area contributed by atoms with E-state index in [4.69, 9.17) is 4.74 Å². The Morgan fingerprint density at radius 2 is 1.82 bits per heavy atom. The molecular weight excluding hydrogens is 422 g/mol. The van der Waals surface area contributed by atoms with Gasteiger partial charge in [0.2, 0.25) is 0 Å². The lowest BCUT2D eigenvalue weighted by Crippen LogP contribution is -2.25. The molecule has 0 spiro atoms. The predicted octanol–water partition coefficient (Wildman–Crippen LogP) is 5.98. The van der Waals surface area contributed by atoms with E-state index >= 15 is 0 Å². The number of fused-ring (bicyclic) bond motifs is 2. The summed E-state index contributed by atoms with van der Waals surface area (Å²) in [4.78, 5) is 14.9. The number of amides is 1. The van der Waals surface area contributed by atoms with Crippen LogP contribution in [0.25, 0.3) is 22.8 Å². The van der Waals surface area contributed by atoms with E-state index in [2.05, 4.69) is 24.1 Å². The number of benzene rings is 1. The summed E-state index contributed by atoms with van der Waals surface area (Å²) < 4.78 is 34.5. The lowest BCUT2D eigenvalue weighted by Gasteiger charge is -2.18. The van der Waals surface area contributed by atoms with Crippen molar-refractivity contribution in [3.63, 3.8) is 0 Å². The van der Waals surface area contributed by atoms with Crippen LogP contribution < -0.4 is 10.1 Å². The molecule has 0 bridgehead atoms. The van der Waals surface area contributed by atoms with Crippen molar-refractivity contribution in [1.82, 2.24) is 4.90 Å². The highest BCUT2D eigenvalue weighted by molar-refractivity contribution is 6.35. The van der Waals surface area contributed by atoms with Crippen LogP contribution in [0.4, 0.5) is 14.5 Å². The van der Waals surface area contributed by atoms with E-state index in [1.165, 1.54) is 6.07 Å². The summed E-state index contributed by atoms with van der Waals surface area (Å²) in [6, 6.07) is 12.1. The average molecular weight is 451 g/mol. The molecule has 0 unspecified atom stereocenters. The SMILES string of the molecule is CCN(CC)CCCOc1ccccc2c(/C=C3/C(=O)Nc4ccc(F)c(F)c43)cc(C)c1-2. The Kier molecular flexibility index (Phi) is 6.75. The molecule has 172 valence electrons. The normalized spacial score (nSPS) is 14.2. The van der Waals surface area contributed by atoms with Gasteiger partial charge in [-0.2, -0.15) is 0 Å². The molecule has 6 heteroatoms. The van der Waals surface area contributed by atoms with Gasteiger partial charge < -0.3 is 15.0 Å². The molecule has 3 aliphatic rings. The van der Waals surface area contributed by atoms with Crippen molar-refractivity contribution in [1.29, 1.82) is 0 Å². The maximum atomic E-state index is 14.5. The zero-order valence-electron chi connectivity index (χ0n) is 19.2. The van der Waals surface area contributed by atoms with Crippen molar-refractivity contribution in [2.75, 3.05) is 31.6 Å². The van der Waals surface area contributed by atoms with Crippen LogP contribution in [-0.2, 0) is 4.79 Å². The number of ether oxygens (including phenoxy) is 1. The van der Waals surface area contributed by atoms with Crippen LogP contribution in [-0.4, -0.2) is 37.0 Å². The summed E-state index contributed by atoms with van der Waals surface area (Å²) in [5.41, 5.74) is 3.95. The molecule has 1 N–H and O–H groups in total.